The SMILES string of the molecule is CCCCCCOc1ccc(Cl)cc1C(C)=O. The van der Waals surface area contributed by atoms with E-state index in [2.05, 4.69) is 6.92 Å². The van der Waals surface area contributed by atoms with Gasteiger partial charge in [0.05, 0.1) is 12.2 Å². The van der Waals surface area contributed by atoms with Crippen molar-refractivity contribution in [3.63, 3.8) is 0 Å². The van der Waals surface area contributed by atoms with Gasteiger partial charge < -0.3 is 4.74 Å². The Labute approximate surface area is 108 Å². The molecule has 2 nitrogen and oxygen atoms in total. The number of Topliss-reactive ketones (excluding diaryl/α,β-unsaturated/α-hetero) is 1. The Hall–Kier alpha value is -1.02. The molecule has 0 atom stereocenters. The first-order chi connectivity index (χ1) is 8.15. The van der Waals surface area contributed by atoms with Crippen LogP contribution in [-0.2, 0) is 0 Å². The molecule has 0 heterocycles. The number of carbonyl (C=O) groups is 1. The molecule has 0 fully saturated rings. The molecule has 17 heavy (non-hydrogen) atoms. The molecular formula is C14H19ClO2. The van der Waals surface area contributed by atoms with Gasteiger partial charge in [-0.2, -0.15) is 0 Å². The number of ether oxygens (including phenoxy) is 1. The standard InChI is InChI=1S/C14H19ClO2/c1-3-4-5-6-9-17-14-8-7-12(15)10-13(14)11(2)16/h7-8,10H,3-6,9H2,1-2H3. The minimum atomic E-state index is -0.0175. The highest BCUT2D eigenvalue weighted by molar-refractivity contribution is 6.31. The van der Waals surface area contributed by atoms with Crippen LogP contribution in [0.2, 0.25) is 5.02 Å². The van der Waals surface area contributed by atoms with Gasteiger partial charge in [-0.3, -0.25) is 4.79 Å². The summed E-state index contributed by atoms with van der Waals surface area (Å²) >= 11 is 5.86. The zero-order valence-electron chi connectivity index (χ0n) is 10.5. The summed E-state index contributed by atoms with van der Waals surface area (Å²) in [6.45, 7) is 4.35. The highest BCUT2D eigenvalue weighted by Crippen LogP contribution is 2.23. The number of ketones is 1. The fourth-order valence-corrected chi connectivity index (χ4v) is 1.79. The monoisotopic (exact) mass is 254 g/mol. The van der Waals surface area contributed by atoms with Gasteiger partial charge in [-0.1, -0.05) is 37.8 Å². The maximum atomic E-state index is 11.4. The Kier molecular flexibility index (Phi) is 6.06. The van der Waals surface area contributed by atoms with Crippen LogP contribution in [0.1, 0.15) is 49.9 Å². The fourth-order valence-electron chi connectivity index (χ4n) is 1.61. The van der Waals surface area contributed by atoms with Crippen molar-refractivity contribution >= 4 is 17.4 Å². The van der Waals surface area contributed by atoms with Crippen molar-refractivity contribution in [2.45, 2.75) is 39.5 Å². The molecule has 0 saturated heterocycles. The van der Waals surface area contributed by atoms with Gasteiger partial charge in [0.15, 0.2) is 5.78 Å². The lowest BCUT2D eigenvalue weighted by Crippen LogP contribution is -2.03. The highest BCUT2D eigenvalue weighted by atomic mass is 35.5. The maximum Gasteiger partial charge on any atom is 0.163 e. The molecule has 0 aliphatic rings. The molecule has 1 aromatic rings. The average molecular weight is 255 g/mol. The molecule has 1 rings (SSSR count). The normalized spacial score (nSPS) is 10.3. The van der Waals surface area contributed by atoms with Gasteiger partial charge in [-0.15, -0.1) is 0 Å². The fraction of sp³-hybridized carbons (Fsp3) is 0.500. The molecule has 0 aromatic heterocycles. The van der Waals surface area contributed by atoms with Crippen molar-refractivity contribution in [3.8, 4) is 5.75 Å². The lowest BCUT2D eigenvalue weighted by atomic mass is 10.1. The van der Waals surface area contributed by atoms with E-state index in [1.54, 1.807) is 18.2 Å². The van der Waals surface area contributed by atoms with Crippen LogP contribution in [0.15, 0.2) is 18.2 Å². The van der Waals surface area contributed by atoms with E-state index in [0.717, 1.165) is 6.42 Å². The maximum absolute atomic E-state index is 11.4. The van der Waals surface area contributed by atoms with Crippen LogP contribution < -0.4 is 4.74 Å². The number of hydrogen-bond donors (Lipinski definition) is 0. The Morgan fingerprint density at radius 2 is 2.06 bits per heavy atom. The zero-order chi connectivity index (χ0) is 12.7. The number of carbonyl (C=O) groups excluding carboxylic acids is 1. The van der Waals surface area contributed by atoms with Gasteiger partial charge >= 0.3 is 0 Å². The van der Waals surface area contributed by atoms with E-state index in [1.165, 1.54) is 26.2 Å². The molecule has 0 amide bonds. The summed E-state index contributed by atoms with van der Waals surface area (Å²) in [6.07, 6.45) is 4.62. The average Bonchev–Trinajstić information content (AvgIpc) is 2.30. The molecule has 0 radical (unpaired) electrons. The molecule has 0 unspecified atom stereocenters. The summed E-state index contributed by atoms with van der Waals surface area (Å²) < 4.78 is 5.62. The van der Waals surface area contributed by atoms with Crippen molar-refractivity contribution in [3.05, 3.63) is 28.8 Å². The first-order valence-electron chi connectivity index (χ1n) is 6.08. The Bertz CT molecular complexity index is 374. The Morgan fingerprint density at radius 3 is 2.71 bits per heavy atom. The lowest BCUT2D eigenvalue weighted by Gasteiger charge is -2.09. The van der Waals surface area contributed by atoms with E-state index >= 15 is 0 Å². The van der Waals surface area contributed by atoms with E-state index in [0.29, 0.717) is 22.9 Å². The smallest absolute Gasteiger partial charge is 0.163 e. The first-order valence-corrected chi connectivity index (χ1v) is 6.46. The van der Waals surface area contributed by atoms with E-state index in [1.807, 2.05) is 0 Å². The lowest BCUT2D eigenvalue weighted by molar-refractivity contribution is 0.101. The number of unbranched alkanes of at least 4 members (excludes halogenated alkanes) is 3. The summed E-state index contributed by atoms with van der Waals surface area (Å²) in [5.41, 5.74) is 0.563. The summed E-state index contributed by atoms with van der Waals surface area (Å²) in [7, 11) is 0. The van der Waals surface area contributed by atoms with Crippen LogP contribution >= 0.6 is 11.6 Å². The van der Waals surface area contributed by atoms with Crippen molar-refractivity contribution in [2.75, 3.05) is 6.61 Å². The Morgan fingerprint density at radius 1 is 1.29 bits per heavy atom. The van der Waals surface area contributed by atoms with Gasteiger partial charge in [-0.05, 0) is 31.5 Å². The topological polar surface area (TPSA) is 26.3 Å². The van der Waals surface area contributed by atoms with Crippen molar-refractivity contribution in [1.29, 1.82) is 0 Å². The van der Waals surface area contributed by atoms with Crippen LogP contribution in [0, 0.1) is 0 Å². The van der Waals surface area contributed by atoms with E-state index in [4.69, 9.17) is 16.3 Å². The van der Waals surface area contributed by atoms with Crippen molar-refractivity contribution in [2.24, 2.45) is 0 Å². The van der Waals surface area contributed by atoms with Gasteiger partial charge in [0.1, 0.15) is 5.75 Å². The summed E-state index contributed by atoms with van der Waals surface area (Å²) in [5, 5.41) is 0.563. The molecule has 0 saturated carbocycles. The van der Waals surface area contributed by atoms with Crippen LogP contribution in [0.25, 0.3) is 0 Å². The van der Waals surface area contributed by atoms with E-state index in [9.17, 15) is 4.79 Å². The summed E-state index contributed by atoms with van der Waals surface area (Å²) in [6, 6.07) is 5.17. The summed E-state index contributed by atoms with van der Waals surface area (Å²) in [4.78, 5) is 11.4. The molecule has 0 N–H and O–H groups in total. The summed E-state index contributed by atoms with van der Waals surface area (Å²) in [5.74, 6) is 0.620. The second kappa shape index (κ2) is 7.33. The molecule has 94 valence electrons. The second-order valence-electron chi connectivity index (χ2n) is 4.11. The third kappa shape index (κ3) is 4.78. The molecule has 0 aliphatic heterocycles. The van der Waals surface area contributed by atoms with Crippen LogP contribution in [-0.4, -0.2) is 12.4 Å². The molecular weight excluding hydrogens is 236 g/mol. The quantitative estimate of drug-likeness (QED) is 0.529. The minimum Gasteiger partial charge on any atom is -0.493 e. The molecule has 0 spiro atoms. The zero-order valence-corrected chi connectivity index (χ0v) is 11.2. The van der Waals surface area contributed by atoms with Crippen LogP contribution in [0.3, 0.4) is 0 Å². The van der Waals surface area contributed by atoms with Gasteiger partial charge in [0, 0.05) is 5.02 Å². The highest BCUT2D eigenvalue weighted by Gasteiger charge is 2.08. The largest absolute Gasteiger partial charge is 0.493 e. The van der Waals surface area contributed by atoms with Crippen molar-refractivity contribution < 1.29 is 9.53 Å². The predicted octanol–water partition coefficient (Wildman–Crippen LogP) is 4.50. The Balaban J connectivity index is 2.55. The number of rotatable bonds is 7. The molecule has 3 heteroatoms. The third-order valence-corrected chi connectivity index (χ3v) is 2.81. The number of hydrogen-bond acceptors (Lipinski definition) is 2. The third-order valence-electron chi connectivity index (χ3n) is 2.58. The van der Waals surface area contributed by atoms with Crippen LogP contribution in [0.5, 0.6) is 5.75 Å². The first kappa shape index (κ1) is 14.0. The minimum absolute atomic E-state index is 0.0175. The van der Waals surface area contributed by atoms with Crippen molar-refractivity contribution in [1.82, 2.24) is 0 Å². The molecule has 1 aromatic carbocycles. The molecule has 0 aliphatic carbocycles. The number of halogens is 1. The van der Waals surface area contributed by atoms with E-state index < -0.39 is 0 Å². The van der Waals surface area contributed by atoms with Gasteiger partial charge in [0.2, 0.25) is 0 Å². The number of benzene rings is 1. The predicted molar refractivity (Wildman–Crippen MR) is 71.1 cm³/mol. The molecule has 0 bridgehead atoms. The van der Waals surface area contributed by atoms with Gasteiger partial charge in [-0.25, -0.2) is 0 Å². The van der Waals surface area contributed by atoms with Gasteiger partial charge in [0.25, 0.3) is 0 Å². The van der Waals surface area contributed by atoms with E-state index in [-0.39, 0.29) is 5.78 Å². The second-order valence-corrected chi connectivity index (χ2v) is 4.54. The van der Waals surface area contributed by atoms with Crippen LogP contribution in [0.4, 0.5) is 0 Å².